The molecule has 1 fully saturated rings. The zero-order valence-corrected chi connectivity index (χ0v) is 9.91. The molecule has 1 unspecified atom stereocenters. The maximum Gasteiger partial charge on any atom is 0.364 e. The molecule has 110 valence electrons. The lowest BCUT2D eigenvalue weighted by Gasteiger charge is -2.18. The number of ether oxygens (including phenoxy) is 1. The molecule has 5 N–H and O–H groups in total. The Hall–Kier alpha value is -1.37. The zero-order valence-electron chi connectivity index (χ0n) is 9.91. The van der Waals surface area contributed by atoms with Gasteiger partial charge in [0.05, 0.1) is 11.9 Å². The first-order chi connectivity index (χ1) is 8.92. The number of hydroxylamine groups is 1. The standard InChI is InChI=1S/C8H15N3O8/c1-11(10-17)8(16)9-19-7-5(15)4(14)6(18-7)3(13)2-12/h3-7,12-15H,2H2,1H3,(H,9,16)/t3-,4-,5-,6-,7?/m1/s1. The Labute approximate surface area is 107 Å². The number of nitrogens with one attached hydrogen (secondary N) is 1. The van der Waals surface area contributed by atoms with Gasteiger partial charge >= 0.3 is 6.03 Å². The lowest BCUT2D eigenvalue weighted by atomic mass is 10.1. The predicted molar refractivity (Wildman–Crippen MR) is 56.9 cm³/mol. The molecule has 1 aliphatic rings. The van der Waals surface area contributed by atoms with Gasteiger partial charge < -0.3 is 25.2 Å². The molecule has 1 aliphatic heterocycles. The molecular formula is C8H15N3O8. The number of nitrogens with zero attached hydrogens (tertiary/aromatic N) is 2. The topological polar surface area (TPSA) is 161 Å². The normalized spacial score (nSPS) is 31.8. The van der Waals surface area contributed by atoms with Crippen LogP contribution in [0.3, 0.4) is 0 Å². The number of aliphatic hydroxyl groups is 4. The second-order valence-corrected chi connectivity index (χ2v) is 3.83. The largest absolute Gasteiger partial charge is 0.394 e. The fourth-order valence-corrected chi connectivity index (χ4v) is 1.40. The Morgan fingerprint density at radius 2 is 2.16 bits per heavy atom. The first kappa shape index (κ1) is 15.7. The summed E-state index contributed by atoms with van der Waals surface area (Å²) < 4.78 is 4.93. The maximum absolute atomic E-state index is 11.1. The van der Waals surface area contributed by atoms with Crippen molar-refractivity contribution in [2.45, 2.75) is 30.7 Å². The molecule has 0 saturated carbocycles. The van der Waals surface area contributed by atoms with Gasteiger partial charge in [0.25, 0.3) is 0 Å². The molecule has 19 heavy (non-hydrogen) atoms. The quantitative estimate of drug-likeness (QED) is 0.264. The van der Waals surface area contributed by atoms with E-state index in [1.54, 1.807) is 5.48 Å². The number of aliphatic hydroxyl groups excluding tert-OH is 4. The van der Waals surface area contributed by atoms with Crippen molar-refractivity contribution in [1.29, 1.82) is 0 Å². The van der Waals surface area contributed by atoms with Gasteiger partial charge in [0, 0.05) is 7.05 Å². The first-order valence-electron chi connectivity index (χ1n) is 5.25. The van der Waals surface area contributed by atoms with E-state index >= 15 is 0 Å². The van der Waals surface area contributed by atoms with Gasteiger partial charge in [-0.3, -0.25) is 0 Å². The van der Waals surface area contributed by atoms with E-state index in [9.17, 15) is 25.0 Å². The molecule has 1 rings (SSSR count). The van der Waals surface area contributed by atoms with Crippen molar-refractivity contribution in [1.82, 2.24) is 10.5 Å². The second kappa shape index (κ2) is 6.70. The van der Waals surface area contributed by atoms with Gasteiger partial charge in [0.2, 0.25) is 6.29 Å². The zero-order chi connectivity index (χ0) is 14.6. The molecule has 1 heterocycles. The van der Waals surface area contributed by atoms with E-state index in [0.717, 1.165) is 7.05 Å². The van der Waals surface area contributed by atoms with Crippen LogP contribution >= 0.6 is 0 Å². The van der Waals surface area contributed by atoms with E-state index in [4.69, 9.17) is 9.84 Å². The highest BCUT2D eigenvalue weighted by atomic mass is 16.8. The van der Waals surface area contributed by atoms with Crippen molar-refractivity contribution in [3.05, 3.63) is 4.91 Å². The molecule has 0 spiro atoms. The smallest absolute Gasteiger partial charge is 0.364 e. The minimum atomic E-state index is -1.55. The maximum atomic E-state index is 11.1. The Morgan fingerprint density at radius 3 is 2.68 bits per heavy atom. The number of hydrogen-bond acceptors (Lipinski definition) is 9. The fourth-order valence-electron chi connectivity index (χ4n) is 1.40. The minimum Gasteiger partial charge on any atom is -0.394 e. The Morgan fingerprint density at radius 1 is 1.53 bits per heavy atom. The molecule has 0 radical (unpaired) electrons. The SMILES string of the molecule is CN(N=O)C(=O)NOC1O[C@H]([C@H](O)CO)[C@H](O)[C@H]1O. The van der Waals surface area contributed by atoms with Gasteiger partial charge in [-0.1, -0.05) is 0 Å². The molecule has 0 aromatic rings. The molecule has 11 nitrogen and oxygen atoms in total. The van der Waals surface area contributed by atoms with Crippen molar-refractivity contribution in [3.63, 3.8) is 0 Å². The number of amides is 2. The lowest BCUT2D eigenvalue weighted by Crippen LogP contribution is -2.42. The van der Waals surface area contributed by atoms with Gasteiger partial charge in [0.15, 0.2) is 0 Å². The Balaban J connectivity index is 2.52. The number of rotatable bonds is 5. The summed E-state index contributed by atoms with van der Waals surface area (Å²) >= 11 is 0. The van der Waals surface area contributed by atoms with Gasteiger partial charge in [-0.25, -0.2) is 15.1 Å². The molecule has 0 aromatic carbocycles. The van der Waals surface area contributed by atoms with E-state index in [1.807, 2.05) is 0 Å². The Bertz CT molecular complexity index is 329. The van der Waals surface area contributed by atoms with Crippen LogP contribution in [0.25, 0.3) is 0 Å². The summed E-state index contributed by atoms with van der Waals surface area (Å²) in [4.78, 5) is 25.7. The van der Waals surface area contributed by atoms with Gasteiger partial charge in [-0.05, 0) is 0 Å². The van der Waals surface area contributed by atoms with E-state index in [-0.39, 0.29) is 0 Å². The van der Waals surface area contributed by atoms with Crippen molar-refractivity contribution >= 4 is 6.03 Å². The third kappa shape index (κ3) is 3.56. The third-order valence-corrected chi connectivity index (χ3v) is 2.50. The third-order valence-electron chi connectivity index (χ3n) is 2.50. The number of nitroso groups, excluding NO2 is 1. The first-order valence-corrected chi connectivity index (χ1v) is 5.25. The van der Waals surface area contributed by atoms with Crippen LogP contribution in [0.4, 0.5) is 4.79 Å². The van der Waals surface area contributed by atoms with Crippen LogP contribution in [0, 0.1) is 4.91 Å². The van der Waals surface area contributed by atoms with Crippen LogP contribution in [0.1, 0.15) is 0 Å². The second-order valence-electron chi connectivity index (χ2n) is 3.83. The molecule has 2 amide bonds. The summed E-state index contributed by atoms with van der Waals surface area (Å²) in [5, 5.41) is 39.8. The van der Waals surface area contributed by atoms with Gasteiger partial charge in [-0.2, -0.15) is 5.01 Å². The van der Waals surface area contributed by atoms with Crippen molar-refractivity contribution < 1.29 is 34.8 Å². The van der Waals surface area contributed by atoms with Crippen LogP contribution in [-0.2, 0) is 9.57 Å². The minimum absolute atomic E-state index is 0.387. The van der Waals surface area contributed by atoms with Crippen molar-refractivity contribution in [2.75, 3.05) is 13.7 Å². The van der Waals surface area contributed by atoms with E-state index < -0.39 is 43.3 Å². The Kier molecular flexibility index (Phi) is 5.53. The van der Waals surface area contributed by atoms with Gasteiger partial charge in [-0.15, -0.1) is 4.91 Å². The highest BCUT2D eigenvalue weighted by Crippen LogP contribution is 2.23. The van der Waals surface area contributed by atoms with Crippen LogP contribution in [0.2, 0.25) is 0 Å². The fraction of sp³-hybridized carbons (Fsp3) is 0.875. The summed E-state index contributed by atoms with van der Waals surface area (Å²) in [5.41, 5.74) is 1.76. The predicted octanol–water partition coefficient (Wildman–Crippen LogP) is -2.96. The van der Waals surface area contributed by atoms with E-state index in [1.165, 1.54) is 0 Å². The summed E-state index contributed by atoms with van der Waals surface area (Å²) in [6, 6.07) is -1.02. The summed E-state index contributed by atoms with van der Waals surface area (Å²) in [7, 11) is 1.06. The van der Waals surface area contributed by atoms with Gasteiger partial charge in [0.1, 0.15) is 24.4 Å². The molecule has 5 atom stereocenters. The molecule has 0 bridgehead atoms. The number of carbonyl (C=O) groups excluding carboxylic acids is 1. The van der Waals surface area contributed by atoms with Crippen LogP contribution in [-0.4, -0.2) is 75.8 Å². The van der Waals surface area contributed by atoms with E-state index in [2.05, 4.69) is 10.1 Å². The highest BCUT2D eigenvalue weighted by molar-refractivity contribution is 5.72. The highest BCUT2D eigenvalue weighted by Gasteiger charge is 2.47. The van der Waals surface area contributed by atoms with Crippen LogP contribution in [0.15, 0.2) is 5.29 Å². The molecule has 1 saturated heterocycles. The monoisotopic (exact) mass is 281 g/mol. The molecule has 11 heteroatoms. The number of hydrogen-bond donors (Lipinski definition) is 5. The summed E-state index contributed by atoms with van der Waals surface area (Å²) in [6.45, 7) is -0.689. The van der Waals surface area contributed by atoms with Crippen molar-refractivity contribution in [2.24, 2.45) is 5.29 Å². The average Bonchev–Trinajstić information content (AvgIpc) is 2.70. The molecule has 0 aromatic heterocycles. The summed E-state index contributed by atoms with van der Waals surface area (Å²) in [6.07, 6.45) is -7.23. The summed E-state index contributed by atoms with van der Waals surface area (Å²) in [5.74, 6) is 0. The molecular weight excluding hydrogens is 266 g/mol. The number of urea groups is 1. The molecule has 0 aliphatic carbocycles. The lowest BCUT2D eigenvalue weighted by molar-refractivity contribution is -0.201. The van der Waals surface area contributed by atoms with E-state index in [0.29, 0.717) is 5.01 Å². The average molecular weight is 281 g/mol. The number of carbonyl (C=O) groups is 1. The van der Waals surface area contributed by atoms with Crippen LogP contribution < -0.4 is 5.48 Å². The van der Waals surface area contributed by atoms with Crippen molar-refractivity contribution in [3.8, 4) is 0 Å². The van der Waals surface area contributed by atoms with Crippen LogP contribution in [0.5, 0.6) is 0 Å².